The van der Waals surface area contributed by atoms with E-state index in [-0.39, 0.29) is 0 Å². The van der Waals surface area contributed by atoms with Gasteiger partial charge in [-0.05, 0) is 23.8 Å². The molecule has 0 amide bonds. The van der Waals surface area contributed by atoms with Crippen LogP contribution < -0.4 is 4.74 Å². The van der Waals surface area contributed by atoms with Gasteiger partial charge in [0.15, 0.2) is 11.5 Å². The summed E-state index contributed by atoms with van der Waals surface area (Å²) >= 11 is 0. The number of benzene rings is 2. The molecule has 0 bridgehead atoms. The van der Waals surface area contributed by atoms with E-state index in [4.69, 9.17) is 9.15 Å². The number of oxazole rings is 1. The minimum absolute atomic E-state index is 0.432. The van der Waals surface area contributed by atoms with Gasteiger partial charge in [-0.2, -0.15) is 0 Å². The van der Waals surface area contributed by atoms with Crippen LogP contribution in [0.3, 0.4) is 0 Å². The van der Waals surface area contributed by atoms with E-state index in [1.54, 1.807) is 31.2 Å². The Morgan fingerprint density at radius 1 is 1.19 bits per heavy atom. The van der Waals surface area contributed by atoms with E-state index < -0.39 is 5.97 Å². The van der Waals surface area contributed by atoms with Crippen LogP contribution in [0.15, 0.2) is 59.0 Å². The number of aromatic nitrogens is 1. The van der Waals surface area contributed by atoms with E-state index in [2.05, 4.69) is 4.98 Å². The third-order valence-electron chi connectivity index (χ3n) is 2.90. The lowest BCUT2D eigenvalue weighted by molar-refractivity contribution is -0.128. The highest BCUT2D eigenvalue weighted by Crippen LogP contribution is 2.21. The fourth-order valence-electron chi connectivity index (χ4n) is 1.96. The van der Waals surface area contributed by atoms with E-state index in [0.29, 0.717) is 17.2 Å². The van der Waals surface area contributed by atoms with Gasteiger partial charge < -0.3 is 9.15 Å². The van der Waals surface area contributed by atoms with Gasteiger partial charge in [0.05, 0.1) is 0 Å². The largest absolute Gasteiger partial charge is 0.441 e. The van der Waals surface area contributed by atoms with Crippen molar-refractivity contribution in [1.82, 2.24) is 4.98 Å². The third kappa shape index (κ3) is 3.17. The molecule has 4 nitrogen and oxygen atoms in total. The van der Waals surface area contributed by atoms with Crippen molar-refractivity contribution in [2.75, 3.05) is 0 Å². The molecule has 104 valence electrons. The molecule has 0 aliphatic heterocycles. The smallest absolute Gasteiger partial charge is 0.336 e. The molecule has 0 aliphatic rings. The summed E-state index contributed by atoms with van der Waals surface area (Å²) in [5.41, 5.74) is 2.28. The Balaban J connectivity index is 1.72. The molecule has 0 saturated heterocycles. The molecular weight excluding hydrogens is 266 g/mol. The topological polar surface area (TPSA) is 52.3 Å². The Morgan fingerprint density at radius 2 is 2.00 bits per heavy atom. The van der Waals surface area contributed by atoms with Crippen LogP contribution in [-0.4, -0.2) is 11.0 Å². The van der Waals surface area contributed by atoms with Gasteiger partial charge >= 0.3 is 5.97 Å². The number of hydrogen-bond acceptors (Lipinski definition) is 4. The van der Waals surface area contributed by atoms with Crippen molar-refractivity contribution in [2.24, 2.45) is 0 Å². The van der Waals surface area contributed by atoms with Crippen molar-refractivity contribution < 1.29 is 13.9 Å². The number of hydrogen-bond donors (Lipinski definition) is 0. The highest BCUT2D eigenvalue weighted by Gasteiger charge is 2.06. The summed E-state index contributed by atoms with van der Waals surface area (Å²) in [5.74, 6) is 0.577. The van der Waals surface area contributed by atoms with Gasteiger partial charge in [0, 0.05) is 19.1 Å². The average molecular weight is 279 g/mol. The van der Waals surface area contributed by atoms with Crippen molar-refractivity contribution in [2.45, 2.75) is 6.92 Å². The van der Waals surface area contributed by atoms with E-state index in [9.17, 15) is 4.79 Å². The standard InChI is InChI=1S/C17H13NO3/c1-12-18-15-9-8-14(11-16(15)20-12)21-17(19)10-7-13-5-3-2-4-6-13/h2-11H,1H3/b10-7+. The lowest BCUT2D eigenvalue weighted by Crippen LogP contribution is -2.03. The summed E-state index contributed by atoms with van der Waals surface area (Å²) in [4.78, 5) is 16.0. The normalized spacial score (nSPS) is 11.1. The number of carbonyl (C=O) groups excluding carboxylic acids is 1. The summed E-state index contributed by atoms with van der Waals surface area (Å²) in [7, 11) is 0. The number of nitrogens with zero attached hydrogens (tertiary/aromatic N) is 1. The number of rotatable bonds is 3. The lowest BCUT2D eigenvalue weighted by atomic mass is 10.2. The van der Waals surface area contributed by atoms with Crippen molar-refractivity contribution in [3.05, 3.63) is 66.1 Å². The number of esters is 1. The maximum atomic E-state index is 11.8. The van der Waals surface area contributed by atoms with Crippen LogP contribution in [-0.2, 0) is 4.79 Å². The van der Waals surface area contributed by atoms with E-state index in [1.165, 1.54) is 6.08 Å². The fraction of sp³-hybridized carbons (Fsp3) is 0.0588. The maximum absolute atomic E-state index is 11.8. The summed E-state index contributed by atoms with van der Waals surface area (Å²) < 4.78 is 10.6. The zero-order valence-electron chi connectivity index (χ0n) is 11.4. The number of aryl methyl sites for hydroxylation is 1. The first-order valence-electron chi connectivity index (χ1n) is 6.53. The zero-order chi connectivity index (χ0) is 14.7. The van der Waals surface area contributed by atoms with Gasteiger partial charge in [-0.25, -0.2) is 9.78 Å². The molecule has 0 atom stereocenters. The second-order valence-electron chi connectivity index (χ2n) is 4.53. The monoisotopic (exact) mass is 279 g/mol. The van der Waals surface area contributed by atoms with Crippen LogP contribution in [0.25, 0.3) is 17.2 Å². The molecule has 3 rings (SSSR count). The number of ether oxygens (including phenoxy) is 1. The second-order valence-corrected chi connectivity index (χ2v) is 4.53. The van der Waals surface area contributed by atoms with Gasteiger partial charge in [0.1, 0.15) is 11.3 Å². The Bertz CT molecular complexity index is 803. The maximum Gasteiger partial charge on any atom is 0.336 e. The Labute approximate surface area is 121 Å². The predicted molar refractivity (Wildman–Crippen MR) is 79.9 cm³/mol. The Morgan fingerprint density at radius 3 is 2.81 bits per heavy atom. The average Bonchev–Trinajstić information content (AvgIpc) is 2.85. The molecule has 0 fully saturated rings. The van der Waals surface area contributed by atoms with Gasteiger partial charge in [0.25, 0.3) is 0 Å². The van der Waals surface area contributed by atoms with Crippen LogP contribution in [0.1, 0.15) is 11.5 Å². The molecule has 1 heterocycles. The predicted octanol–water partition coefficient (Wildman–Crippen LogP) is 3.76. The number of carbonyl (C=O) groups is 1. The first-order valence-corrected chi connectivity index (χ1v) is 6.53. The summed E-state index contributed by atoms with van der Waals surface area (Å²) in [6, 6.07) is 14.7. The van der Waals surface area contributed by atoms with Crippen molar-refractivity contribution in [3.8, 4) is 5.75 Å². The highest BCUT2D eigenvalue weighted by atomic mass is 16.5. The molecule has 0 N–H and O–H groups in total. The molecular formula is C17H13NO3. The number of fused-ring (bicyclic) bond motifs is 1. The molecule has 4 heteroatoms. The van der Waals surface area contributed by atoms with Gasteiger partial charge in [0.2, 0.25) is 0 Å². The van der Waals surface area contributed by atoms with E-state index >= 15 is 0 Å². The molecule has 0 aliphatic carbocycles. The molecule has 2 aromatic carbocycles. The van der Waals surface area contributed by atoms with Crippen LogP contribution in [0, 0.1) is 6.92 Å². The molecule has 3 aromatic rings. The van der Waals surface area contributed by atoms with E-state index in [0.717, 1.165) is 11.1 Å². The van der Waals surface area contributed by atoms with Crippen LogP contribution in [0.2, 0.25) is 0 Å². The molecule has 0 saturated carbocycles. The minimum atomic E-state index is -0.436. The Kier molecular flexibility index (Phi) is 3.51. The SMILES string of the molecule is Cc1nc2ccc(OC(=O)/C=C/c3ccccc3)cc2o1. The Hall–Kier alpha value is -2.88. The van der Waals surface area contributed by atoms with Crippen molar-refractivity contribution in [3.63, 3.8) is 0 Å². The third-order valence-corrected chi connectivity index (χ3v) is 2.90. The molecule has 0 unspecified atom stereocenters. The summed E-state index contributed by atoms with van der Waals surface area (Å²) in [6.45, 7) is 1.77. The molecule has 1 aromatic heterocycles. The van der Waals surface area contributed by atoms with Crippen LogP contribution in [0.5, 0.6) is 5.75 Å². The quantitative estimate of drug-likeness (QED) is 0.416. The first-order chi connectivity index (χ1) is 10.2. The fourth-order valence-corrected chi connectivity index (χ4v) is 1.96. The van der Waals surface area contributed by atoms with Gasteiger partial charge in [-0.3, -0.25) is 0 Å². The van der Waals surface area contributed by atoms with E-state index in [1.807, 2.05) is 30.3 Å². The van der Waals surface area contributed by atoms with Crippen molar-refractivity contribution in [1.29, 1.82) is 0 Å². The van der Waals surface area contributed by atoms with Gasteiger partial charge in [-0.1, -0.05) is 30.3 Å². The molecule has 0 radical (unpaired) electrons. The van der Waals surface area contributed by atoms with Crippen LogP contribution in [0.4, 0.5) is 0 Å². The first kappa shape index (κ1) is 13.1. The lowest BCUT2D eigenvalue weighted by Gasteiger charge is -2.00. The van der Waals surface area contributed by atoms with Crippen molar-refractivity contribution >= 4 is 23.1 Å². The van der Waals surface area contributed by atoms with Gasteiger partial charge in [-0.15, -0.1) is 0 Å². The highest BCUT2D eigenvalue weighted by molar-refractivity contribution is 5.89. The molecule has 21 heavy (non-hydrogen) atoms. The van der Waals surface area contributed by atoms with Crippen LogP contribution >= 0.6 is 0 Å². The second kappa shape index (κ2) is 5.63. The minimum Gasteiger partial charge on any atom is -0.441 e. The molecule has 0 spiro atoms. The summed E-state index contributed by atoms with van der Waals surface area (Å²) in [5, 5.41) is 0. The zero-order valence-corrected chi connectivity index (χ0v) is 11.4. The summed E-state index contributed by atoms with van der Waals surface area (Å²) in [6.07, 6.45) is 3.10.